The maximum Gasteiger partial charge on any atom is 0.120 e. The predicted molar refractivity (Wildman–Crippen MR) is 149 cm³/mol. The van der Waals surface area contributed by atoms with Crippen molar-refractivity contribution in [1.82, 2.24) is 4.90 Å². The third kappa shape index (κ3) is 5.75. The van der Waals surface area contributed by atoms with E-state index in [1.54, 1.807) is 25.6 Å². The van der Waals surface area contributed by atoms with Crippen molar-refractivity contribution in [1.29, 1.82) is 0 Å². The van der Waals surface area contributed by atoms with Gasteiger partial charge in [-0.3, -0.25) is 4.90 Å². The highest BCUT2D eigenvalue weighted by Crippen LogP contribution is 2.46. The van der Waals surface area contributed by atoms with Crippen LogP contribution in [0.25, 0.3) is 31.7 Å². The minimum Gasteiger partial charge on any atom is -0.497 e. The highest BCUT2D eigenvalue weighted by molar-refractivity contribution is 7.23. The van der Waals surface area contributed by atoms with E-state index in [0.717, 1.165) is 36.0 Å². The van der Waals surface area contributed by atoms with Crippen LogP contribution in [-0.4, -0.2) is 45.4 Å². The van der Waals surface area contributed by atoms with Gasteiger partial charge in [-0.05, 0) is 91.7 Å². The van der Waals surface area contributed by atoms with E-state index in [0.29, 0.717) is 0 Å². The average molecular weight is 510 g/mol. The number of fused-ring (bicyclic) bond motifs is 1. The van der Waals surface area contributed by atoms with Crippen molar-refractivity contribution in [2.24, 2.45) is 0 Å². The highest BCUT2D eigenvalue weighted by atomic mass is 35.5. The average Bonchev–Trinajstić information content (AvgIpc) is 3.28. The minimum absolute atomic E-state index is 0. The Morgan fingerprint density at radius 1 is 0.771 bits per heavy atom. The third-order valence-corrected chi connectivity index (χ3v) is 7.70. The zero-order valence-electron chi connectivity index (χ0n) is 20.3. The first-order chi connectivity index (χ1) is 16.7. The molecule has 2 heterocycles. The Morgan fingerprint density at radius 2 is 1.51 bits per heavy atom. The van der Waals surface area contributed by atoms with Gasteiger partial charge in [-0.25, -0.2) is 0 Å². The summed E-state index contributed by atoms with van der Waals surface area (Å²) in [6.45, 7) is 4.09. The highest BCUT2D eigenvalue weighted by Gasteiger charge is 2.17. The summed E-state index contributed by atoms with van der Waals surface area (Å²) in [6.07, 6.45) is 3.97. The molecule has 1 saturated heterocycles. The topological polar surface area (TPSA) is 30.9 Å². The Balaban J connectivity index is 0.00000289. The van der Waals surface area contributed by atoms with Gasteiger partial charge in [0.2, 0.25) is 0 Å². The maximum absolute atomic E-state index is 6.20. The second kappa shape index (κ2) is 11.8. The van der Waals surface area contributed by atoms with Crippen LogP contribution in [0.15, 0.2) is 66.7 Å². The van der Waals surface area contributed by atoms with Crippen molar-refractivity contribution in [3.8, 4) is 38.8 Å². The number of rotatable bonds is 8. The third-order valence-electron chi connectivity index (χ3n) is 6.50. The molecule has 4 aromatic rings. The molecule has 1 fully saturated rings. The van der Waals surface area contributed by atoms with Crippen LogP contribution >= 0.6 is 23.7 Å². The summed E-state index contributed by atoms with van der Waals surface area (Å²) in [6, 6.07) is 23.1. The largest absolute Gasteiger partial charge is 0.497 e. The lowest BCUT2D eigenvalue weighted by Gasteiger charge is -2.26. The van der Waals surface area contributed by atoms with E-state index < -0.39 is 0 Å². The van der Waals surface area contributed by atoms with Crippen molar-refractivity contribution in [3.63, 3.8) is 0 Å². The summed E-state index contributed by atoms with van der Waals surface area (Å²) in [5.41, 5.74) is 3.57. The van der Waals surface area contributed by atoms with Gasteiger partial charge in [-0.2, -0.15) is 0 Å². The van der Waals surface area contributed by atoms with E-state index >= 15 is 0 Å². The number of thiophene rings is 1. The van der Waals surface area contributed by atoms with Crippen LogP contribution in [0, 0.1) is 0 Å². The standard InChI is InChI=1S/C29H31NO3S.ClH/c1-31-23-11-9-21(10-12-23)29-28(26-14-13-24(32-2)20-27(26)34-29)22-7-6-8-25(19-22)33-18-17-30-15-4-3-5-16-30;/h6-14,19-20H,3-5,15-18H2,1-2H3;1H. The van der Waals surface area contributed by atoms with E-state index in [1.807, 2.05) is 18.2 Å². The Morgan fingerprint density at radius 3 is 2.26 bits per heavy atom. The first-order valence-electron chi connectivity index (χ1n) is 12.0. The summed E-state index contributed by atoms with van der Waals surface area (Å²) in [5.74, 6) is 2.65. The first-order valence-corrected chi connectivity index (χ1v) is 12.8. The number of nitrogens with zero attached hydrogens (tertiary/aromatic N) is 1. The Labute approximate surface area is 217 Å². The van der Waals surface area contributed by atoms with Gasteiger partial charge in [0.05, 0.1) is 14.2 Å². The molecule has 6 heteroatoms. The molecule has 3 aromatic carbocycles. The molecule has 0 amide bonds. The number of likely N-dealkylation sites (tertiary alicyclic amines) is 1. The fourth-order valence-electron chi connectivity index (χ4n) is 4.65. The zero-order valence-corrected chi connectivity index (χ0v) is 21.9. The first kappa shape index (κ1) is 25.4. The van der Waals surface area contributed by atoms with Crippen molar-refractivity contribution < 1.29 is 14.2 Å². The van der Waals surface area contributed by atoms with E-state index in [2.05, 4.69) is 53.4 Å². The van der Waals surface area contributed by atoms with Crippen LogP contribution in [0.2, 0.25) is 0 Å². The van der Waals surface area contributed by atoms with Crippen molar-refractivity contribution in [2.75, 3.05) is 40.5 Å². The maximum atomic E-state index is 6.20. The molecule has 0 radical (unpaired) electrons. The Kier molecular flexibility index (Phi) is 8.55. The van der Waals surface area contributed by atoms with Crippen molar-refractivity contribution >= 4 is 33.8 Å². The molecule has 0 bridgehead atoms. The van der Waals surface area contributed by atoms with Gasteiger partial charge < -0.3 is 14.2 Å². The molecular formula is C29H32ClNO3S. The van der Waals surface area contributed by atoms with Gasteiger partial charge in [-0.15, -0.1) is 23.7 Å². The molecule has 0 N–H and O–H groups in total. The number of halogens is 1. The molecule has 1 aromatic heterocycles. The summed E-state index contributed by atoms with van der Waals surface area (Å²) in [5, 5.41) is 1.22. The summed E-state index contributed by atoms with van der Waals surface area (Å²) in [4.78, 5) is 3.74. The molecule has 0 spiro atoms. The predicted octanol–water partition coefficient (Wildman–Crippen LogP) is 7.54. The van der Waals surface area contributed by atoms with Crippen LogP contribution in [0.1, 0.15) is 19.3 Å². The number of ether oxygens (including phenoxy) is 3. The van der Waals surface area contributed by atoms with Gasteiger partial charge >= 0.3 is 0 Å². The summed E-state index contributed by atoms with van der Waals surface area (Å²) >= 11 is 1.79. The van der Waals surface area contributed by atoms with Gasteiger partial charge in [-0.1, -0.05) is 18.6 Å². The number of piperidine rings is 1. The summed E-state index contributed by atoms with van der Waals surface area (Å²) in [7, 11) is 3.41. The molecule has 0 atom stereocenters. The number of hydrogen-bond acceptors (Lipinski definition) is 5. The molecule has 5 rings (SSSR count). The van der Waals surface area contributed by atoms with Gasteiger partial charge in [0.1, 0.15) is 23.9 Å². The Bertz CT molecular complexity index is 1250. The quantitative estimate of drug-likeness (QED) is 0.245. The molecular weight excluding hydrogens is 478 g/mol. The van der Waals surface area contributed by atoms with Gasteiger partial charge in [0.15, 0.2) is 0 Å². The second-order valence-electron chi connectivity index (χ2n) is 8.68. The molecule has 0 aliphatic carbocycles. The van der Waals surface area contributed by atoms with E-state index in [9.17, 15) is 0 Å². The van der Waals surface area contributed by atoms with Crippen LogP contribution in [0.4, 0.5) is 0 Å². The van der Waals surface area contributed by atoms with Gasteiger partial charge in [0.25, 0.3) is 0 Å². The minimum atomic E-state index is 0. The number of methoxy groups -OCH3 is 2. The van der Waals surface area contributed by atoms with E-state index in [4.69, 9.17) is 14.2 Å². The monoisotopic (exact) mass is 509 g/mol. The smallest absolute Gasteiger partial charge is 0.120 e. The lowest BCUT2D eigenvalue weighted by atomic mass is 9.98. The molecule has 1 aliphatic heterocycles. The molecule has 4 nitrogen and oxygen atoms in total. The van der Waals surface area contributed by atoms with E-state index in [-0.39, 0.29) is 12.4 Å². The van der Waals surface area contributed by atoms with Crippen LogP contribution in [0.5, 0.6) is 17.2 Å². The second-order valence-corrected chi connectivity index (χ2v) is 9.73. The Hall–Kier alpha value is -2.73. The fourth-order valence-corrected chi connectivity index (χ4v) is 5.91. The number of hydrogen-bond donors (Lipinski definition) is 0. The van der Waals surface area contributed by atoms with Crippen LogP contribution in [0.3, 0.4) is 0 Å². The number of benzene rings is 3. The van der Waals surface area contributed by atoms with Gasteiger partial charge in [0, 0.05) is 27.1 Å². The van der Waals surface area contributed by atoms with Crippen LogP contribution in [-0.2, 0) is 0 Å². The molecule has 0 saturated carbocycles. The van der Waals surface area contributed by atoms with E-state index in [1.165, 1.54) is 58.4 Å². The molecule has 35 heavy (non-hydrogen) atoms. The lowest BCUT2D eigenvalue weighted by molar-refractivity contribution is 0.183. The van der Waals surface area contributed by atoms with Crippen LogP contribution < -0.4 is 14.2 Å². The normalized spacial score (nSPS) is 13.9. The SMILES string of the molecule is COc1ccc(-c2sc3cc(OC)ccc3c2-c2cccc(OCCN3CCCCC3)c2)cc1.Cl. The van der Waals surface area contributed by atoms with Crippen molar-refractivity contribution in [2.45, 2.75) is 19.3 Å². The zero-order chi connectivity index (χ0) is 23.3. The lowest BCUT2D eigenvalue weighted by Crippen LogP contribution is -2.33. The molecule has 184 valence electrons. The van der Waals surface area contributed by atoms with Crippen molar-refractivity contribution in [3.05, 3.63) is 66.7 Å². The molecule has 1 aliphatic rings. The fraction of sp³-hybridized carbons (Fsp3) is 0.310. The summed E-state index contributed by atoms with van der Waals surface area (Å²) < 4.78 is 18.3. The molecule has 0 unspecified atom stereocenters.